The van der Waals surface area contributed by atoms with Gasteiger partial charge in [0.2, 0.25) is 15.9 Å². The number of amides is 1. The van der Waals surface area contributed by atoms with Crippen LogP contribution in [0.15, 0.2) is 53.4 Å². The second kappa shape index (κ2) is 8.82. The van der Waals surface area contributed by atoms with Crippen LogP contribution < -0.4 is 15.2 Å². The van der Waals surface area contributed by atoms with E-state index in [0.717, 1.165) is 5.75 Å². The zero-order valence-electron chi connectivity index (χ0n) is 14.9. The van der Waals surface area contributed by atoms with Crippen molar-refractivity contribution >= 4 is 15.9 Å². The normalized spacial score (nSPS) is 11.4. The van der Waals surface area contributed by atoms with Crippen LogP contribution in [0, 0.1) is 0 Å². The van der Waals surface area contributed by atoms with Crippen molar-refractivity contribution < 1.29 is 17.9 Å². The number of sulfonamides is 1. The van der Waals surface area contributed by atoms with Crippen molar-refractivity contribution in [3.05, 3.63) is 59.7 Å². The van der Waals surface area contributed by atoms with E-state index in [2.05, 4.69) is 19.2 Å². The van der Waals surface area contributed by atoms with Crippen LogP contribution in [0.25, 0.3) is 0 Å². The quantitative estimate of drug-likeness (QED) is 0.690. The molecule has 0 saturated heterocycles. The molecule has 7 heteroatoms. The van der Waals surface area contributed by atoms with Gasteiger partial charge in [0.15, 0.2) is 0 Å². The highest BCUT2D eigenvalue weighted by molar-refractivity contribution is 7.89. The number of rotatable bonds is 8. The summed E-state index contributed by atoms with van der Waals surface area (Å²) in [7, 11) is -3.72. The number of hydrogen-bond acceptors (Lipinski definition) is 4. The van der Waals surface area contributed by atoms with Crippen molar-refractivity contribution in [2.45, 2.75) is 31.1 Å². The first kappa shape index (κ1) is 19.9. The van der Waals surface area contributed by atoms with Gasteiger partial charge in [0.1, 0.15) is 12.4 Å². The maximum absolute atomic E-state index is 11.9. The lowest BCUT2D eigenvalue weighted by atomic mass is 10.0. The number of hydrogen-bond donors (Lipinski definition) is 2. The third kappa shape index (κ3) is 6.16. The van der Waals surface area contributed by atoms with Gasteiger partial charge in [0.25, 0.3) is 0 Å². The molecule has 3 N–H and O–H groups in total. The molecule has 0 bridgehead atoms. The van der Waals surface area contributed by atoms with Crippen LogP contribution in [0.4, 0.5) is 0 Å². The molecule has 0 saturated carbocycles. The summed E-state index contributed by atoms with van der Waals surface area (Å²) in [4.78, 5) is 11.9. The lowest BCUT2D eigenvalue weighted by Crippen LogP contribution is -2.29. The third-order valence-corrected chi connectivity index (χ3v) is 4.79. The molecule has 2 aromatic carbocycles. The van der Waals surface area contributed by atoms with Crippen LogP contribution in [0.1, 0.15) is 30.9 Å². The molecule has 0 unspecified atom stereocenters. The minimum atomic E-state index is -3.72. The van der Waals surface area contributed by atoms with Crippen molar-refractivity contribution in [3.63, 3.8) is 0 Å². The average Bonchev–Trinajstić information content (AvgIpc) is 2.59. The van der Waals surface area contributed by atoms with Crippen molar-refractivity contribution in [1.29, 1.82) is 0 Å². The second-order valence-corrected chi connectivity index (χ2v) is 7.85. The Bertz CT molecular complexity index is 829. The van der Waals surface area contributed by atoms with E-state index < -0.39 is 10.0 Å². The molecule has 6 nitrogen and oxygen atoms in total. The van der Waals surface area contributed by atoms with Crippen LogP contribution in [0.5, 0.6) is 5.75 Å². The summed E-state index contributed by atoms with van der Waals surface area (Å²) in [6.45, 7) is 5.03. The van der Waals surface area contributed by atoms with Crippen LogP contribution >= 0.6 is 0 Å². The van der Waals surface area contributed by atoms with E-state index in [9.17, 15) is 13.2 Å². The maximum atomic E-state index is 11.9. The summed E-state index contributed by atoms with van der Waals surface area (Å²) >= 11 is 0. The molecule has 0 heterocycles. The Balaban J connectivity index is 1.73. The van der Waals surface area contributed by atoms with Gasteiger partial charge in [0, 0.05) is 0 Å². The molecule has 0 aliphatic heterocycles. The van der Waals surface area contributed by atoms with E-state index >= 15 is 0 Å². The molecule has 0 spiro atoms. The molecule has 2 rings (SSSR count). The van der Waals surface area contributed by atoms with Crippen molar-refractivity contribution in [2.24, 2.45) is 5.14 Å². The molecule has 0 radical (unpaired) electrons. The largest absolute Gasteiger partial charge is 0.492 e. The van der Waals surface area contributed by atoms with Crippen molar-refractivity contribution in [3.8, 4) is 5.75 Å². The van der Waals surface area contributed by atoms with Gasteiger partial charge in [-0.15, -0.1) is 0 Å². The lowest BCUT2D eigenvalue weighted by Gasteiger charge is -2.10. The predicted octanol–water partition coefficient (Wildman–Crippen LogP) is 2.20. The van der Waals surface area contributed by atoms with Gasteiger partial charge in [-0.3, -0.25) is 4.79 Å². The molecular weight excluding hydrogens is 352 g/mol. The highest BCUT2D eigenvalue weighted by Gasteiger charge is 2.08. The molecule has 140 valence electrons. The highest BCUT2D eigenvalue weighted by atomic mass is 32.2. The number of benzene rings is 2. The topological polar surface area (TPSA) is 98.5 Å². The van der Waals surface area contributed by atoms with Crippen LogP contribution in [-0.2, 0) is 21.2 Å². The molecular formula is C19H24N2O4S. The fourth-order valence-electron chi connectivity index (χ4n) is 2.35. The zero-order valence-corrected chi connectivity index (χ0v) is 15.8. The Morgan fingerprint density at radius 3 is 2.23 bits per heavy atom. The summed E-state index contributed by atoms with van der Waals surface area (Å²) in [6.07, 6.45) is 0.161. The number of ether oxygens (including phenoxy) is 1. The van der Waals surface area contributed by atoms with Crippen LogP contribution in [0.3, 0.4) is 0 Å². The van der Waals surface area contributed by atoms with Crippen LogP contribution in [-0.4, -0.2) is 27.5 Å². The molecule has 0 aromatic heterocycles. The lowest BCUT2D eigenvalue weighted by molar-refractivity contribution is -0.120. The van der Waals surface area contributed by atoms with E-state index in [4.69, 9.17) is 9.88 Å². The van der Waals surface area contributed by atoms with Gasteiger partial charge in [-0.05, 0) is 41.3 Å². The monoisotopic (exact) mass is 376 g/mol. The van der Waals surface area contributed by atoms with Gasteiger partial charge in [-0.25, -0.2) is 13.6 Å². The Morgan fingerprint density at radius 1 is 1.08 bits per heavy atom. The number of nitrogens with one attached hydrogen (secondary N) is 1. The first-order valence-electron chi connectivity index (χ1n) is 8.37. The van der Waals surface area contributed by atoms with Gasteiger partial charge in [-0.1, -0.05) is 38.1 Å². The number of carbonyl (C=O) groups is 1. The molecule has 0 atom stereocenters. The fraction of sp³-hybridized carbons (Fsp3) is 0.316. The Morgan fingerprint density at radius 2 is 1.69 bits per heavy atom. The predicted molar refractivity (Wildman–Crippen MR) is 101 cm³/mol. The summed E-state index contributed by atoms with van der Waals surface area (Å²) in [5, 5.41) is 7.81. The SMILES string of the molecule is CC(C)c1ccc(OCCNC(=O)Cc2ccc(S(N)(=O)=O)cc2)cc1. The van der Waals surface area contributed by atoms with Gasteiger partial charge < -0.3 is 10.1 Å². The third-order valence-electron chi connectivity index (χ3n) is 3.86. The smallest absolute Gasteiger partial charge is 0.238 e. The van der Waals surface area contributed by atoms with Crippen molar-refractivity contribution in [2.75, 3.05) is 13.2 Å². The van der Waals surface area contributed by atoms with Gasteiger partial charge in [0.05, 0.1) is 17.9 Å². The minimum absolute atomic E-state index is 0.0264. The maximum Gasteiger partial charge on any atom is 0.238 e. The number of primary sulfonamides is 1. The summed E-state index contributed by atoms with van der Waals surface area (Å²) in [5.74, 6) is 1.08. The first-order valence-corrected chi connectivity index (χ1v) is 9.91. The van der Waals surface area contributed by atoms with E-state index in [1.807, 2.05) is 24.3 Å². The van der Waals surface area contributed by atoms with Gasteiger partial charge >= 0.3 is 0 Å². The molecule has 2 aromatic rings. The number of carbonyl (C=O) groups excluding carboxylic acids is 1. The molecule has 0 aliphatic rings. The molecule has 1 amide bonds. The average molecular weight is 376 g/mol. The molecule has 0 fully saturated rings. The standard InChI is InChI=1S/C19H24N2O4S/c1-14(2)16-5-7-17(8-6-16)25-12-11-21-19(22)13-15-3-9-18(10-4-15)26(20,23)24/h3-10,14H,11-13H2,1-2H3,(H,21,22)(H2,20,23,24). The van der Waals surface area contributed by atoms with E-state index in [-0.39, 0.29) is 17.2 Å². The Labute approximate surface area is 154 Å². The minimum Gasteiger partial charge on any atom is -0.492 e. The van der Waals surface area contributed by atoms with E-state index in [1.165, 1.54) is 17.7 Å². The fourth-order valence-corrected chi connectivity index (χ4v) is 2.87. The summed E-state index contributed by atoms with van der Waals surface area (Å²) in [6, 6.07) is 13.8. The molecule has 0 aliphatic carbocycles. The van der Waals surface area contributed by atoms with E-state index in [1.54, 1.807) is 12.1 Å². The number of nitrogens with two attached hydrogens (primary N) is 1. The summed E-state index contributed by atoms with van der Waals surface area (Å²) in [5.41, 5.74) is 1.96. The zero-order chi connectivity index (χ0) is 19.2. The Kier molecular flexibility index (Phi) is 6.76. The second-order valence-electron chi connectivity index (χ2n) is 6.29. The highest BCUT2D eigenvalue weighted by Crippen LogP contribution is 2.18. The van der Waals surface area contributed by atoms with Crippen LogP contribution in [0.2, 0.25) is 0 Å². The van der Waals surface area contributed by atoms with E-state index in [0.29, 0.717) is 24.6 Å². The Hall–Kier alpha value is -2.38. The first-order chi connectivity index (χ1) is 12.3. The summed E-state index contributed by atoms with van der Waals surface area (Å²) < 4.78 is 28.0. The van der Waals surface area contributed by atoms with Gasteiger partial charge in [-0.2, -0.15) is 0 Å². The van der Waals surface area contributed by atoms with Crippen molar-refractivity contribution in [1.82, 2.24) is 5.32 Å². The molecule has 26 heavy (non-hydrogen) atoms.